The lowest BCUT2D eigenvalue weighted by Crippen LogP contribution is -2.28. The number of rotatable bonds is 4. The fourth-order valence-corrected chi connectivity index (χ4v) is 1.54. The summed E-state index contributed by atoms with van der Waals surface area (Å²) in [6.07, 6.45) is 1.61. The second-order valence-electron chi connectivity index (χ2n) is 4.00. The number of nitrogens with one attached hydrogen (secondary N) is 2. The molecule has 98 valence electrons. The van der Waals surface area contributed by atoms with Gasteiger partial charge in [0.05, 0.1) is 6.61 Å². The number of carbonyl (C=O) groups excluding carboxylic acids is 1. The minimum Gasteiger partial charge on any atom is -0.392 e. The molecule has 0 aliphatic carbocycles. The largest absolute Gasteiger partial charge is 0.392 e. The maximum Gasteiger partial charge on any atom is 0.320 e. The Morgan fingerprint density at radius 2 is 1.84 bits per heavy atom. The summed E-state index contributed by atoms with van der Waals surface area (Å²) >= 11 is 0. The zero-order valence-corrected chi connectivity index (χ0v) is 10.3. The van der Waals surface area contributed by atoms with E-state index in [2.05, 4.69) is 15.6 Å². The molecule has 2 amide bonds. The van der Waals surface area contributed by atoms with Crippen LogP contribution in [0.25, 0.3) is 0 Å². The number of aliphatic hydroxyl groups excluding tert-OH is 1. The molecule has 1 aromatic carbocycles. The van der Waals surface area contributed by atoms with Crippen LogP contribution >= 0.6 is 0 Å². The van der Waals surface area contributed by atoms with Crippen molar-refractivity contribution in [1.29, 1.82) is 0 Å². The zero-order chi connectivity index (χ0) is 13.5. The average Bonchev–Trinajstić information content (AvgIpc) is 2.47. The number of pyridine rings is 1. The standard InChI is InChI=1S/C14H15N3O2/c18-10-12-6-4-11(5-7-12)9-16-14(19)17-13-3-1-2-8-15-13/h1-8,18H,9-10H2,(H2,15,16,17,19). The van der Waals surface area contributed by atoms with E-state index in [1.807, 2.05) is 24.3 Å². The minimum absolute atomic E-state index is 0.0217. The first-order chi connectivity index (χ1) is 9.28. The van der Waals surface area contributed by atoms with Crippen LogP contribution < -0.4 is 10.6 Å². The topological polar surface area (TPSA) is 74.2 Å². The normalized spacial score (nSPS) is 9.95. The van der Waals surface area contributed by atoms with Gasteiger partial charge in [0.15, 0.2) is 0 Å². The molecule has 2 aromatic rings. The molecule has 0 atom stereocenters. The highest BCUT2D eigenvalue weighted by Crippen LogP contribution is 2.04. The molecule has 0 bridgehead atoms. The summed E-state index contributed by atoms with van der Waals surface area (Å²) in [5.74, 6) is 0.510. The van der Waals surface area contributed by atoms with Crippen LogP contribution in [0.2, 0.25) is 0 Å². The highest BCUT2D eigenvalue weighted by molar-refractivity contribution is 5.88. The Balaban J connectivity index is 1.83. The Kier molecular flexibility index (Phi) is 4.47. The lowest BCUT2D eigenvalue weighted by Gasteiger charge is -2.07. The van der Waals surface area contributed by atoms with Crippen molar-refractivity contribution in [3.63, 3.8) is 0 Å². The van der Waals surface area contributed by atoms with E-state index in [1.54, 1.807) is 24.4 Å². The van der Waals surface area contributed by atoms with Crippen LogP contribution in [0.15, 0.2) is 48.7 Å². The van der Waals surface area contributed by atoms with Gasteiger partial charge < -0.3 is 10.4 Å². The molecule has 3 N–H and O–H groups in total. The zero-order valence-electron chi connectivity index (χ0n) is 10.3. The highest BCUT2D eigenvalue weighted by atomic mass is 16.3. The monoisotopic (exact) mass is 257 g/mol. The summed E-state index contributed by atoms with van der Waals surface area (Å²) in [7, 11) is 0. The Bertz CT molecular complexity index is 526. The summed E-state index contributed by atoms with van der Waals surface area (Å²) in [6.45, 7) is 0.443. The molecule has 0 fully saturated rings. The van der Waals surface area contributed by atoms with E-state index in [4.69, 9.17) is 5.11 Å². The molecule has 2 rings (SSSR count). The smallest absolute Gasteiger partial charge is 0.320 e. The van der Waals surface area contributed by atoms with Crippen molar-refractivity contribution in [2.24, 2.45) is 0 Å². The molecule has 5 nitrogen and oxygen atoms in total. The average molecular weight is 257 g/mol. The van der Waals surface area contributed by atoms with E-state index >= 15 is 0 Å². The van der Waals surface area contributed by atoms with Crippen molar-refractivity contribution in [3.05, 3.63) is 59.8 Å². The molecule has 0 spiro atoms. The van der Waals surface area contributed by atoms with Gasteiger partial charge in [0.1, 0.15) is 5.82 Å². The van der Waals surface area contributed by atoms with Gasteiger partial charge in [-0.1, -0.05) is 30.3 Å². The highest BCUT2D eigenvalue weighted by Gasteiger charge is 2.01. The number of carbonyl (C=O) groups is 1. The summed E-state index contributed by atoms with van der Waals surface area (Å²) in [6, 6.07) is 12.4. The summed E-state index contributed by atoms with van der Waals surface area (Å²) in [4.78, 5) is 15.6. The van der Waals surface area contributed by atoms with Crippen LogP contribution in [0.1, 0.15) is 11.1 Å². The van der Waals surface area contributed by atoms with Gasteiger partial charge in [-0.2, -0.15) is 0 Å². The number of benzene rings is 1. The fourth-order valence-electron chi connectivity index (χ4n) is 1.54. The Morgan fingerprint density at radius 1 is 1.11 bits per heavy atom. The maximum absolute atomic E-state index is 11.6. The maximum atomic E-state index is 11.6. The molecule has 19 heavy (non-hydrogen) atoms. The third kappa shape index (κ3) is 4.08. The van der Waals surface area contributed by atoms with Gasteiger partial charge in [-0.15, -0.1) is 0 Å². The van der Waals surface area contributed by atoms with Crippen molar-refractivity contribution in [2.45, 2.75) is 13.2 Å². The number of nitrogens with zero attached hydrogens (tertiary/aromatic N) is 1. The van der Waals surface area contributed by atoms with Crippen molar-refractivity contribution in [3.8, 4) is 0 Å². The molecule has 1 heterocycles. The number of urea groups is 1. The summed E-state index contributed by atoms with van der Waals surface area (Å²) in [5.41, 5.74) is 1.81. The third-order valence-electron chi connectivity index (χ3n) is 2.57. The van der Waals surface area contributed by atoms with Gasteiger partial charge in [-0.25, -0.2) is 9.78 Å². The van der Waals surface area contributed by atoms with Gasteiger partial charge in [0, 0.05) is 12.7 Å². The lowest BCUT2D eigenvalue weighted by molar-refractivity contribution is 0.251. The SMILES string of the molecule is O=C(NCc1ccc(CO)cc1)Nc1ccccn1. The number of aromatic nitrogens is 1. The molecule has 0 radical (unpaired) electrons. The third-order valence-corrected chi connectivity index (χ3v) is 2.57. The summed E-state index contributed by atoms with van der Waals surface area (Å²) < 4.78 is 0. The quantitative estimate of drug-likeness (QED) is 0.783. The molecule has 5 heteroatoms. The molecule has 0 aliphatic rings. The van der Waals surface area contributed by atoms with E-state index in [0.717, 1.165) is 11.1 Å². The second kappa shape index (κ2) is 6.51. The van der Waals surface area contributed by atoms with Crippen LogP contribution in [0, 0.1) is 0 Å². The lowest BCUT2D eigenvalue weighted by atomic mass is 10.1. The molecule has 0 aliphatic heterocycles. The Hall–Kier alpha value is -2.40. The van der Waals surface area contributed by atoms with Crippen LogP contribution in [-0.4, -0.2) is 16.1 Å². The molecular formula is C14H15N3O2. The van der Waals surface area contributed by atoms with Crippen molar-refractivity contribution < 1.29 is 9.90 Å². The number of aliphatic hydroxyl groups is 1. The molecule has 0 unspecified atom stereocenters. The van der Waals surface area contributed by atoms with Gasteiger partial charge in [0.25, 0.3) is 0 Å². The minimum atomic E-state index is -0.301. The van der Waals surface area contributed by atoms with Crippen molar-refractivity contribution >= 4 is 11.8 Å². The van der Waals surface area contributed by atoms with E-state index in [1.165, 1.54) is 0 Å². The van der Waals surface area contributed by atoms with Crippen LogP contribution in [0.3, 0.4) is 0 Å². The summed E-state index contributed by atoms with van der Waals surface area (Å²) in [5, 5.41) is 14.3. The van der Waals surface area contributed by atoms with Gasteiger partial charge >= 0.3 is 6.03 Å². The second-order valence-corrected chi connectivity index (χ2v) is 4.00. The first kappa shape index (κ1) is 13.0. The predicted octanol–water partition coefficient (Wildman–Crippen LogP) is 1.90. The van der Waals surface area contributed by atoms with E-state index in [9.17, 15) is 4.79 Å². The first-order valence-corrected chi connectivity index (χ1v) is 5.92. The van der Waals surface area contributed by atoms with Gasteiger partial charge in [-0.05, 0) is 23.3 Å². The predicted molar refractivity (Wildman–Crippen MR) is 72.5 cm³/mol. The number of hydrogen-bond acceptors (Lipinski definition) is 3. The molecule has 0 saturated carbocycles. The first-order valence-electron chi connectivity index (χ1n) is 5.92. The Labute approximate surface area is 111 Å². The number of anilines is 1. The molecule has 1 aromatic heterocycles. The molecule has 0 saturated heterocycles. The fraction of sp³-hybridized carbons (Fsp3) is 0.143. The van der Waals surface area contributed by atoms with Crippen molar-refractivity contribution in [1.82, 2.24) is 10.3 Å². The number of hydrogen-bond donors (Lipinski definition) is 3. The van der Waals surface area contributed by atoms with Crippen LogP contribution in [-0.2, 0) is 13.2 Å². The van der Waals surface area contributed by atoms with E-state index in [-0.39, 0.29) is 12.6 Å². The molecular weight excluding hydrogens is 242 g/mol. The van der Waals surface area contributed by atoms with Gasteiger partial charge in [-0.3, -0.25) is 5.32 Å². The Morgan fingerprint density at radius 3 is 2.47 bits per heavy atom. The van der Waals surface area contributed by atoms with Crippen LogP contribution in [0.5, 0.6) is 0 Å². The van der Waals surface area contributed by atoms with Crippen molar-refractivity contribution in [2.75, 3.05) is 5.32 Å². The van der Waals surface area contributed by atoms with Gasteiger partial charge in [0.2, 0.25) is 0 Å². The van der Waals surface area contributed by atoms with E-state index in [0.29, 0.717) is 12.4 Å². The van der Waals surface area contributed by atoms with Crippen LogP contribution in [0.4, 0.5) is 10.6 Å². The number of amides is 2. The van der Waals surface area contributed by atoms with E-state index < -0.39 is 0 Å².